The average Bonchev–Trinajstić information content (AvgIpc) is 2.71. The summed E-state index contributed by atoms with van der Waals surface area (Å²) in [5.74, 6) is 1.27. The van der Waals surface area contributed by atoms with Crippen molar-refractivity contribution in [1.29, 1.82) is 0 Å². The van der Waals surface area contributed by atoms with Crippen molar-refractivity contribution in [3.05, 3.63) is 0 Å². The minimum absolute atomic E-state index is 0.259. The number of hydrogen-bond acceptors (Lipinski definition) is 2. The first-order valence-corrected chi connectivity index (χ1v) is 8.26. The maximum atomic E-state index is 12.8. The highest BCUT2D eigenvalue weighted by atomic mass is 16.2. The van der Waals surface area contributed by atoms with E-state index in [1.54, 1.807) is 0 Å². The Kier molecular flexibility index (Phi) is 5.68. The molecule has 1 heterocycles. The third-order valence-electron chi connectivity index (χ3n) is 5.10. The number of rotatable bonds is 3. The summed E-state index contributed by atoms with van der Waals surface area (Å²) in [6.45, 7) is 3.96. The van der Waals surface area contributed by atoms with Gasteiger partial charge < -0.3 is 10.6 Å². The molecular weight excluding hydrogens is 236 g/mol. The molecule has 1 aliphatic carbocycles. The Bertz CT molecular complexity index is 292. The number of nitrogens with zero attached hydrogens (tertiary/aromatic N) is 1. The largest absolute Gasteiger partial charge is 0.339 e. The monoisotopic (exact) mass is 266 g/mol. The molecule has 110 valence electrons. The second-order valence-corrected chi connectivity index (χ2v) is 6.41. The Hall–Kier alpha value is -0.570. The number of likely N-dealkylation sites (tertiary alicyclic amines) is 1. The van der Waals surface area contributed by atoms with E-state index >= 15 is 0 Å². The van der Waals surface area contributed by atoms with Crippen molar-refractivity contribution in [2.45, 2.75) is 70.8 Å². The van der Waals surface area contributed by atoms with Crippen molar-refractivity contribution in [3.8, 4) is 0 Å². The summed E-state index contributed by atoms with van der Waals surface area (Å²) in [4.78, 5) is 15.0. The quantitative estimate of drug-likeness (QED) is 0.853. The van der Waals surface area contributed by atoms with E-state index < -0.39 is 0 Å². The summed E-state index contributed by atoms with van der Waals surface area (Å²) in [6.07, 6.45) is 10.6. The molecule has 1 aliphatic heterocycles. The Morgan fingerprint density at radius 3 is 2.74 bits per heavy atom. The van der Waals surface area contributed by atoms with Crippen LogP contribution in [0.3, 0.4) is 0 Å². The summed E-state index contributed by atoms with van der Waals surface area (Å²) >= 11 is 0. The number of amides is 1. The van der Waals surface area contributed by atoms with Gasteiger partial charge in [-0.1, -0.05) is 26.2 Å². The van der Waals surface area contributed by atoms with Crippen LogP contribution in [0.15, 0.2) is 0 Å². The second kappa shape index (κ2) is 7.28. The fourth-order valence-electron chi connectivity index (χ4n) is 3.86. The average molecular weight is 266 g/mol. The highest BCUT2D eigenvalue weighted by Crippen LogP contribution is 2.31. The molecule has 1 amide bonds. The lowest BCUT2D eigenvalue weighted by atomic mass is 9.80. The van der Waals surface area contributed by atoms with Crippen molar-refractivity contribution in [1.82, 2.24) is 4.90 Å². The van der Waals surface area contributed by atoms with Gasteiger partial charge in [0.15, 0.2) is 0 Å². The molecule has 2 N–H and O–H groups in total. The molecule has 1 saturated heterocycles. The van der Waals surface area contributed by atoms with E-state index in [1.165, 1.54) is 38.5 Å². The first-order valence-electron chi connectivity index (χ1n) is 8.26. The maximum Gasteiger partial charge on any atom is 0.225 e. The molecule has 2 rings (SSSR count). The van der Waals surface area contributed by atoms with E-state index in [4.69, 9.17) is 5.73 Å². The zero-order valence-corrected chi connectivity index (χ0v) is 12.4. The van der Waals surface area contributed by atoms with Gasteiger partial charge in [0.2, 0.25) is 5.91 Å². The lowest BCUT2D eigenvalue weighted by Gasteiger charge is -2.35. The van der Waals surface area contributed by atoms with Crippen LogP contribution in [-0.4, -0.2) is 29.9 Å². The molecule has 1 saturated carbocycles. The van der Waals surface area contributed by atoms with Crippen molar-refractivity contribution in [2.24, 2.45) is 17.6 Å². The van der Waals surface area contributed by atoms with Gasteiger partial charge in [0.1, 0.15) is 0 Å². The van der Waals surface area contributed by atoms with E-state index in [0.717, 1.165) is 32.4 Å². The predicted octanol–water partition coefficient (Wildman–Crippen LogP) is 2.93. The molecule has 3 nitrogen and oxygen atoms in total. The normalized spacial score (nSPS) is 32.9. The van der Waals surface area contributed by atoms with E-state index in [-0.39, 0.29) is 5.92 Å². The molecule has 3 heteroatoms. The highest BCUT2D eigenvalue weighted by molar-refractivity contribution is 5.79. The fourth-order valence-corrected chi connectivity index (χ4v) is 3.86. The van der Waals surface area contributed by atoms with Crippen molar-refractivity contribution < 1.29 is 4.79 Å². The predicted molar refractivity (Wildman–Crippen MR) is 78.8 cm³/mol. The zero-order chi connectivity index (χ0) is 13.7. The van der Waals surface area contributed by atoms with E-state index in [2.05, 4.69) is 11.8 Å². The Labute approximate surface area is 117 Å². The van der Waals surface area contributed by atoms with Crippen LogP contribution in [-0.2, 0) is 4.79 Å². The molecule has 0 bridgehead atoms. The maximum absolute atomic E-state index is 12.8. The van der Waals surface area contributed by atoms with Gasteiger partial charge >= 0.3 is 0 Å². The summed E-state index contributed by atoms with van der Waals surface area (Å²) < 4.78 is 0. The molecular formula is C16H30N2O. The number of carbonyl (C=O) groups excluding carboxylic acids is 1. The first kappa shape index (κ1) is 14.8. The van der Waals surface area contributed by atoms with Crippen molar-refractivity contribution in [3.63, 3.8) is 0 Å². The number of carbonyl (C=O) groups is 1. The van der Waals surface area contributed by atoms with E-state index in [9.17, 15) is 4.79 Å². The molecule has 0 spiro atoms. The van der Waals surface area contributed by atoms with Crippen LogP contribution in [0.2, 0.25) is 0 Å². The summed E-state index contributed by atoms with van der Waals surface area (Å²) in [5, 5.41) is 0. The smallest absolute Gasteiger partial charge is 0.225 e. The topological polar surface area (TPSA) is 46.3 Å². The Balaban J connectivity index is 1.99. The minimum Gasteiger partial charge on any atom is -0.339 e. The van der Waals surface area contributed by atoms with Gasteiger partial charge in [0, 0.05) is 18.5 Å². The SMILES string of the molecule is CCC1CCCCCN1C(=O)C1CCCC(CN)C1. The molecule has 0 aromatic heterocycles. The highest BCUT2D eigenvalue weighted by Gasteiger charge is 2.32. The van der Waals surface area contributed by atoms with Crippen molar-refractivity contribution in [2.75, 3.05) is 13.1 Å². The first-order chi connectivity index (χ1) is 9.26. The summed E-state index contributed by atoms with van der Waals surface area (Å²) in [6, 6.07) is 0.494. The number of hydrogen-bond donors (Lipinski definition) is 1. The van der Waals surface area contributed by atoms with Crippen molar-refractivity contribution >= 4 is 5.91 Å². The van der Waals surface area contributed by atoms with Gasteiger partial charge in [0.25, 0.3) is 0 Å². The van der Waals surface area contributed by atoms with Gasteiger partial charge in [-0.05, 0) is 51.0 Å². The zero-order valence-electron chi connectivity index (χ0n) is 12.4. The van der Waals surface area contributed by atoms with Gasteiger partial charge in [-0.25, -0.2) is 0 Å². The van der Waals surface area contributed by atoms with Gasteiger partial charge in [0.05, 0.1) is 0 Å². The van der Waals surface area contributed by atoms with Gasteiger partial charge in [-0.3, -0.25) is 4.79 Å². The third kappa shape index (κ3) is 3.71. The van der Waals surface area contributed by atoms with Crippen LogP contribution in [0.5, 0.6) is 0 Å². The van der Waals surface area contributed by atoms with Crippen LogP contribution in [0.1, 0.15) is 64.7 Å². The molecule has 0 radical (unpaired) electrons. The van der Waals surface area contributed by atoms with E-state index in [1.807, 2.05) is 0 Å². The summed E-state index contributed by atoms with van der Waals surface area (Å²) in [7, 11) is 0. The lowest BCUT2D eigenvalue weighted by molar-refractivity contribution is -0.139. The molecule has 19 heavy (non-hydrogen) atoms. The molecule has 2 fully saturated rings. The lowest BCUT2D eigenvalue weighted by Crippen LogP contribution is -2.44. The van der Waals surface area contributed by atoms with Crippen LogP contribution in [0.4, 0.5) is 0 Å². The molecule has 0 aromatic rings. The third-order valence-corrected chi connectivity index (χ3v) is 5.10. The molecule has 3 atom stereocenters. The van der Waals surface area contributed by atoms with Gasteiger partial charge in [-0.15, -0.1) is 0 Å². The Morgan fingerprint density at radius 1 is 1.16 bits per heavy atom. The molecule has 0 aromatic carbocycles. The minimum atomic E-state index is 0.259. The standard InChI is InChI=1S/C16H30N2O/c1-2-15-9-4-3-5-10-18(15)16(19)14-8-6-7-13(11-14)12-17/h13-15H,2-12,17H2,1H3. The van der Waals surface area contributed by atoms with Crippen LogP contribution >= 0.6 is 0 Å². The molecule has 2 aliphatic rings. The summed E-state index contributed by atoms with van der Waals surface area (Å²) in [5.41, 5.74) is 5.80. The fraction of sp³-hybridized carbons (Fsp3) is 0.938. The number of nitrogens with two attached hydrogens (primary N) is 1. The van der Waals surface area contributed by atoms with Gasteiger partial charge in [-0.2, -0.15) is 0 Å². The molecule has 3 unspecified atom stereocenters. The second-order valence-electron chi connectivity index (χ2n) is 6.41. The van der Waals surface area contributed by atoms with E-state index in [0.29, 0.717) is 17.9 Å². The Morgan fingerprint density at radius 2 is 2.00 bits per heavy atom. The van der Waals surface area contributed by atoms with Crippen LogP contribution < -0.4 is 5.73 Å². The van der Waals surface area contributed by atoms with Crippen LogP contribution in [0, 0.1) is 11.8 Å². The van der Waals surface area contributed by atoms with Crippen LogP contribution in [0.25, 0.3) is 0 Å².